The molecule has 3 aromatic rings. The average molecular weight is 464 g/mol. The van der Waals surface area contributed by atoms with E-state index in [-0.39, 0.29) is 25.3 Å². The number of aryl methyl sites for hydroxylation is 1. The van der Waals surface area contributed by atoms with E-state index in [2.05, 4.69) is 10.1 Å². The Labute approximate surface area is 197 Å². The number of likely N-dealkylation sites (tertiary alicyclic amines) is 1. The molecule has 0 aliphatic carbocycles. The molecule has 1 aromatic carbocycles. The van der Waals surface area contributed by atoms with Crippen LogP contribution in [0, 0.1) is 5.82 Å². The highest BCUT2D eigenvalue weighted by molar-refractivity contribution is 6.10. The molecule has 1 aliphatic rings. The zero-order valence-electron chi connectivity index (χ0n) is 19.1. The third-order valence-electron chi connectivity index (χ3n) is 6.22. The Morgan fingerprint density at radius 2 is 2.00 bits per heavy atom. The summed E-state index contributed by atoms with van der Waals surface area (Å²) in [6, 6.07) is 9.10. The van der Waals surface area contributed by atoms with E-state index in [1.54, 1.807) is 48.5 Å². The Balaban J connectivity index is 1.58. The second-order valence-corrected chi connectivity index (χ2v) is 8.68. The number of amides is 3. The van der Waals surface area contributed by atoms with Crippen molar-refractivity contribution in [1.29, 1.82) is 0 Å². The van der Waals surface area contributed by atoms with E-state index < -0.39 is 23.0 Å². The third kappa shape index (κ3) is 4.73. The molecule has 1 saturated heterocycles. The van der Waals surface area contributed by atoms with E-state index in [9.17, 15) is 18.8 Å². The summed E-state index contributed by atoms with van der Waals surface area (Å²) in [5, 5.41) is 4.13. The van der Waals surface area contributed by atoms with Crippen LogP contribution >= 0.6 is 0 Å². The van der Waals surface area contributed by atoms with Crippen LogP contribution in [0.1, 0.15) is 29.5 Å². The Kier molecular flexibility index (Phi) is 6.54. The van der Waals surface area contributed by atoms with Gasteiger partial charge in [-0.15, -0.1) is 0 Å². The van der Waals surface area contributed by atoms with Gasteiger partial charge in [-0.25, -0.2) is 4.39 Å². The lowest BCUT2D eigenvalue weighted by Gasteiger charge is -2.29. The first-order valence-electron chi connectivity index (χ1n) is 11.0. The van der Waals surface area contributed by atoms with Crippen molar-refractivity contribution in [1.82, 2.24) is 24.6 Å². The van der Waals surface area contributed by atoms with Crippen LogP contribution in [-0.2, 0) is 39.8 Å². The largest absolute Gasteiger partial charge is 0.345 e. The minimum absolute atomic E-state index is 0.0492. The predicted octanol–water partition coefficient (Wildman–Crippen LogP) is 2.24. The molecule has 34 heavy (non-hydrogen) atoms. The molecule has 0 bridgehead atoms. The summed E-state index contributed by atoms with van der Waals surface area (Å²) < 4.78 is 15.8. The van der Waals surface area contributed by atoms with E-state index in [1.807, 2.05) is 13.2 Å². The number of likely N-dealkylation sites (N-methyl/N-ethyl adjacent to an activating group) is 1. The molecule has 8 nitrogen and oxygen atoms in total. The van der Waals surface area contributed by atoms with Gasteiger partial charge in [-0.1, -0.05) is 18.2 Å². The summed E-state index contributed by atoms with van der Waals surface area (Å²) in [5.74, 6) is -1.72. The minimum atomic E-state index is -1.46. The van der Waals surface area contributed by atoms with E-state index in [4.69, 9.17) is 0 Å². The van der Waals surface area contributed by atoms with Gasteiger partial charge in [0.2, 0.25) is 17.7 Å². The van der Waals surface area contributed by atoms with Crippen molar-refractivity contribution in [2.75, 3.05) is 13.6 Å². The van der Waals surface area contributed by atoms with Crippen molar-refractivity contribution < 1.29 is 18.8 Å². The first kappa shape index (κ1) is 23.3. The Morgan fingerprint density at radius 1 is 1.18 bits per heavy atom. The van der Waals surface area contributed by atoms with Crippen LogP contribution < -0.4 is 0 Å². The highest BCUT2D eigenvalue weighted by atomic mass is 19.1. The number of rotatable bonds is 8. The summed E-state index contributed by atoms with van der Waals surface area (Å²) in [6.07, 6.45) is 6.98. The zero-order chi connectivity index (χ0) is 24.3. The molecule has 0 N–H and O–H groups in total. The summed E-state index contributed by atoms with van der Waals surface area (Å²) >= 11 is 0. The zero-order valence-corrected chi connectivity index (χ0v) is 19.1. The van der Waals surface area contributed by atoms with Gasteiger partial charge in [0.1, 0.15) is 5.82 Å². The molecule has 0 radical (unpaired) electrons. The number of nitrogens with zero attached hydrogens (tertiary/aromatic N) is 5. The molecule has 3 amide bonds. The van der Waals surface area contributed by atoms with Crippen LogP contribution in [0.15, 0.2) is 61.2 Å². The van der Waals surface area contributed by atoms with E-state index in [0.717, 1.165) is 10.5 Å². The molecule has 0 spiro atoms. The summed E-state index contributed by atoms with van der Waals surface area (Å²) in [5.41, 5.74) is 0.547. The highest BCUT2D eigenvalue weighted by Crippen LogP contribution is 2.41. The summed E-state index contributed by atoms with van der Waals surface area (Å²) in [6.45, 7) is 0.471. The van der Waals surface area contributed by atoms with Gasteiger partial charge in [0.05, 0.1) is 18.2 Å². The van der Waals surface area contributed by atoms with Crippen LogP contribution in [-0.4, -0.2) is 55.9 Å². The summed E-state index contributed by atoms with van der Waals surface area (Å²) in [4.78, 5) is 46.6. The molecule has 4 rings (SSSR count). The van der Waals surface area contributed by atoms with Gasteiger partial charge in [0, 0.05) is 52.1 Å². The molecular weight excluding hydrogens is 437 g/mol. The highest BCUT2D eigenvalue weighted by Gasteiger charge is 2.54. The maximum Gasteiger partial charge on any atom is 0.241 e. The lowest BCUT2D eigenvalue weighted by atomic mass is 9.75. The fourth-order valence-corrected chi connectivity index (χ4v) is 4.30. The van der Waals surface area contributed by atoms with Crippen molar-refractivity contribution in [3.63, 3.8) is 0 Å². The molecular formula is C25H26FN5O3. The second-order valence-electron chi connectivity index (χ2n) is 8.68. The SMILES string of the molecule is CN(CCc1cnn(C)c1)C(=O)C[C@@]1(c2cccc(F)c2)CC(=O)N(Cc2cccnc2)C1=O. The maximum absolute atomic E-state index is 14.1. The number of carbonyl (C=O) groups is 3. The number of benzene rings is 1. The molecule has 0 unspecified atom stereocenters. The van der Waals surface area contributed by atoms with Gasteiger partial charge in [-0.3, -0.25) is 28.9 Å². The number of hydrogen-bond acceptors (Lipinski definition) is 5. The van der Waals surface area contributed by atoms with Crippen LogP contribution in [0.3, 0.4) is 0 Å². The number of imide groups is 1. The smallest absolute Gasteiger partial charge is 0.241 e. The second kappa shape index (κ2) is 9.54. The first-order valence-corrected chi connectivity index (χ1v) is 11.0. The predicted molar refractivity (Wildman–Crippen MR) is 122 cm³/mol. The Morgan fingerprint density at radius 3 is 2.68 bits per heavy atom. The lowest BCUT2D eigenvalue weighted by molar-refractivity contribution is -0.143. The van der Waals surface area contributed by atoms with Crippen LogP contribution in [0.5, 0.6) is 0 Å². The summed E-state index contributed by atoms with van der Waals surface area (Å²) in [7, 11) is 3.48. The third-order valence-corrected chi connectivity index (χ3v) is 6.22. The monoisotopic (exact) mass is 463 g/mol. The van der Waals surface area contributed by atoms with Crippen LogP contribution in [0.25, 0.3) is 0 Å². The number of pyridine rings is 1. The quantitative estimate of drug-likeness (QED) is 0.478. The number of aromatic nitrogens is 3. The Hall–Kier alpha value is -3.88. The van der Waals surface area contributed by atoms with Crippen molar-refractivity contribution in [3.8, 4) is 0 Å². The first-order chi connectivity index (χ1) is 16.3. The van der Waals surface area contributed by atoms with Gasteiger partial charge >= 0.3 is 0 Å². The van der Waals surface area contributed by atoms with E-state index in [1.165, 1.54) is 23.1 Å². The lowest BCUT2D eigenvalue weighted by Crippen LogP contribution is -2.43. The van der Waals surface area contributed by atoms with E-state index >= 15 is 0 Å². The van der Waals surface area contributed by atoms with E-state index in [0.29, 0.717) is 24.1 Å². The molecule has 1 atom stereocenters. The van der Waals surface area contributed by atoms with Gasteiger partial charge in [-0.05, 0) is 41.3 Å². The fraction of sp³-hybridized carbons (Fsp3) is 0.320. The van der Waals surface area contributed by atoms with Crippen LogP contribution in [0.2, 0.25) is 0 Å². The normalized spacial score (nSPS) is 17.9. The van der Waals surface area contributed by atoms with Crippen LogP contribution in [0.4, 0.5) is 4.39 Å². The minimum Gasteiger partial charge on any atom is -0.345 e. The topological polar surface area (TPSA) is 88.4 Å². The van der Waals surface area contributed by atoms with Gasteiger partial charge in [0.25, 0.3) is 0 Å². The molecule has 176 valence electrons. The van der Waals surface area contributed by atoms with Crippen molar-refractivity contribution in [2.45, 2.75) is 31.2 Å². The van der Waals surface area contributed by atoms with Gasteiger partial charge in [-0.2, -0.15) is 5.10 Å². The molecule has 1 fully saturated rings. The molecule has 9 heteroatoms. The number of hydrogen-bond donors (Lipinski definition) is 0. The molecule has 3 heterocycles. The number of halogens is 1. The molecule has 1 aliphatic heterocycles. The number of carbonyl (C=O) groups excluding carboxylic acids is 3. The average Bonchev–Trinajstić information content (AvgIpc) is 3.34. The molecule has 0 saturated carbocycles. The fourth-order valence-electron chi connectivity index (χ4n) is 4.30. The van der Waals surface area contributed by atoms with Gasteiger partial charge in [0.15, 0.2) is 0 Å². The van der Waals surface area contributed by atoms with Gasteiger partial charge < -0.3 is 4.90 Å². The van der Waals surface area contributed by atoms with Crippen molar-refractivity contribution >= 4 is 17.7 Å². The van der Waals surface area contributed by atoms with Crippen molar-refractivity contribution in [3.05, 3.63) is 83.7 Å². The molecule has 2 aromatic heterocycles. The Bertz CT molecular complexity index is 1210. The standard InChI is InChI=1S/C25H26FN5O3/c1-29(10-8-19-15-28-30(2)16-19)22(32)12-25(20-6-3-7-21(26)11-20)13-23(33)31(24(25)34)17-18-5-4-9-27-14-18/h3-7,9,11,14-16H,8,10,12-13,17H2,1-2H3/t25-/m0/s1. The maximum atomic E-state index is 14.1. The van der Waals surface area contributed by atoms with Crippen molar-refractivity contribution in [2.24, 2.45) is 7.05 Å².